The standard InChI is InChI=1S/C20H27BrNO3P/c1-15(2)24-26(23,25-16(3)4)20(18-10-12-19(21)13-11-18)22-14-17-8-6-5-7-9-17/h5-13,15-16,20,22H,14H2,1-4H3. The van der Waals surface area contributed by atoms with Crippen molar-refractivity contribution in [2.75, 3.05) is 0 Å². The van der Waals surface area contributed by atoms with Crippen LogP contribution in [-0.4, -0.2) is 12.2 Å². The largest absolute Gasteiger partial charge is 0.352 e. The summed E-state index contributed by atoms with van der Waals surface area (Å²) >= 11 is 3.45. The van der Waals surface area contributed by atoms with Crippen LogP contribution >= 0.6 is 23.5 Å². The summed E-state index contributed by atoms with van der Waals surface area (Å²) in [7, 11) is -3.44. The first kappa shape index (κ1) is 21.3. The first-order valence-corrected chi connectivity index (χ1v) is 11.2. The summed E-state index contributed by atoms with van der Waals surface area (Å²) in [6.07, 6.45) is -0.424. The molecule has 6 heteroatoms. The van der Waals surface area contributed by atoms with E-state index in [1.807, 2.05) is 82.3 Å². The van der Waals surface area contributed by atoms with Crippen molar-refractivity contribution >= 4 is 23.5 Å². The van der Waals surface area contributed by atoms with Crippen LogP contribution in [0.3, 0.4) is 0 Å². The van der Waals surface area contributed by atoms with E-state index in [2.05, 4.69) is 21.2 Å². The number of halogens is 1. The van der Waals surface area contributed by atoms with Crippen molar-refractivity contribution in [3.8, 4) is 0 Å². The number of rotatable bonds is 9. The number of hydrogen-bond donors (Lipinski definition) is 1. The predicted molar refractivity (Wildman–Crippen MR) is 110 cm³/mol. The summed E-state index contributed by atoms with van der Waals surface area (Å²) in [5, 5.41) is 3.39. The first-order valence-electron chi connectivity index (χ1n) is 8.79. The van der Waals surface area contributed by atoms with Crippen LogP contribution in [0.25, 0.3) is 0 Å². The maximum absolute atomic E-state index is 13.7. The quantitative estimate of drug-likeness (QED) is 0.466. The fourth-order valence-electron chi connectivity index (χ4n) is 2.60. The summed E-state index contributed by atoms with van der Waals surface area (Å²) in [5.41, 5.74) is 1.98. The molecule has 0 heterocycles. The van der Waals surface area contributed by atoms with Crippen LogP contribution in [0.5, 0.6) is 0 Å². The van der Waals surface area contributed by atoms with Gasteiger partial charge in [0, 0.05) is 11.0 Å². The van der Waals surface area contributed by atoms with Gasteiger partial charge in [0.25, 0.3) is 0 Å². The summed E-state index contributed by atoms with van der Waals surface area (Å²) < 4.78 is 26.4. The van der Waals surface area contributed by atoms with E-state index in [4.69, 9.17) is 9.05 Å². The molecule has 0 saturated heterocycles. The molecule has 1 N–H and O–H groups in total. The number of nitrogens with one attached hydrogen (secondary N) is 1. The van der Waals surface area contributed by atoms with Crippen molar-refractivity contribution in [3.63, 3.8) is 0 Å². The van der Waals surface area contributed by atoms with E-state index in [0.29, 0.717) is 6.54 Å². The second kappa shape index (κ2) is 9.82. The molecule has 0 spiro atoms. The lowest BCUT2D eigenvalue weighted by Crippen LogP contribution is -2.25. The van der Waals surface area contributed by atoms with Crippen molar-refractivity contribution in [3.05, 3.63) is 70.2 Å². The van der Waals surface area contributed by atoms with Crippen LogP contribution in [-0.2, 0) is 20.2 Å². The Labute approximate surface area is 165 Å². The third-order valence-corrected chi connectivity index (χ3v) is 6.63. The minimum atomic E-state index is -3.44. The molecule has 142 valence electrons. The normalized spacial score (nSPS) is 13.3. The SMILES string of the molecule is CC(C)OP(=O)(OC(C)C)C(NCc1ccccc1)c1ccc(Br)cc1. The van der Waals surface area contributed by atoms with Gasteiger partial charge in [-0.15, -0.1) is 0 Å². The maximum atomic E-state index is 13.7. The smallest absolute Gasteiger partial charge is 0.304 e. The van der Waals surface area contributed by atoms with Crippen molar-refractivity contribution < 1.29 is 13.6 Å². The molecular formula is C20H27BrNO3P. The molecule has 26 heavy (non-hydrogen) atoms. The third-order valence-electron chi connectivity index (χ3n) is 3.56. The molecule has 0 amide bonds. The fraction of sp³-hybridized carbons (Fsp3) is 0.400. The first-order chi connectivity index (χ1) is 12.3. The highest BCUT2D eigenvalue weighted by molar-refractivity contribution is 9.10. The molecular weight excluding hydrogens is 413 g/mol. The van der Waals surface area contributed by atoms with Gasteiger partial charge in [-0.2, -0.15) is 0 Å². The second-order valence-corrected chi connectivity index (χ2v) is 9.60. The van der Waals surface area contributed by atoms with Gasteiger partial charge in [0.05, 0.1) is 12.2 Å². The van der Waals surface area contributed by atoms with Gasteiger partial charge in [-0.05, 0) is 51.0 Å². The van der Waals surface area contributed by atoms with Gasteiger partial charge >= 0.3 is 7.60 Å². The Hall–Kier alpha value is -0.970. The van der Waals surface area contributed by atoms with Crippen molar-refractivity contribution in [1.82, 2.24) is 5.32 Å². The van der Waals surface area contributed by atoms with Crippen LogP contribution in [0, 0.1) is 0 Å². The van der Waals surface area contributed by atoms with Crippen LogP contribution in [0.4, 0.5) is 0 Å². The Kier molecular flexibility index (Phi) is 8.05. The molecule has 0 bridgehead atoms. The molecule has 2 aromatic carbocycles. The topological polar surface area (TPSA) is 47.6 Å². The Morgan fingerprint density at radius 1 is 0.923 bits per heavy atom. The zero-order valence-electron chi connectivity index (χ0n) is 15.7. The molecule has 0 saturated carbocycles. The van der Waals surface area contributed by atoms with E-state index < -0.39 is 13.4 Å². The third kappa shape index (κ3) is 6.33. The molecule has 0 aliphatic rings. The Morgan fingerprint density at radius 3 is 1.96 bits per heavy atom. The number of benzene rings is 2. The molecule has 4 nitrogen and oxygen atoms in total. The van der Waals surface area contributed by atoms with Gasteiger partial charge in [0.15, 0.2) is 0 Å². The lowest BCUT2D eigenvalue weighted by atomic mass is 10.2. The van der Waals surface area contributed by atoms with E-state index in [1.54, 1.807) is 0 Å². The molecule has 2 aromatic rings. The minimum absolute atomic E-state index is 0.212. The molecule has 0 aromatic heterocycles. The Morgan fingerprint density at radius 2 is 1.46 bits per heavy atom. The van der Waals surface area contributed by atoms with Crippen molar-refractivity contribution in [2.24, 2.45) is 0 Å². The average molecular weight is 440 g/mol. The molecule has 1 unspecified atom stereocenters. The van der Waals surface area contributed by atoms with Crippen LogP contribution in [0.2, 0.25) is 0 Å². The highest BCUT2D eigenvalue weighted by Crippen LogP contribution is 2.61. The van der Waals surface area contributed by atoms with E-state index in [-0.39, 0.29) is 12.2 Å². The van der Waals surface area contributed by atoms with Crippen LogP contribution in [0.1, 0.15) is 44.6 Å². The summed E-state index contributed by atoms with van der Waals surface area (Å²) in [5.74, 6) is -0.555. The van der Waals surface area contributed by atoms with E-state index in [9.17, 15) is 4.57 Å². The van der Waals surface area contributed by atoms with Crippen molar-refractivity contribution in [2.45, 2.75) is 52.2 Å². The van der Waals surface area contributed by atoms with Gasteiger partial charge in [-0.3, -0.25) is 9.88 Å². The van der Waals surface area contributed by atoms with Gasteiger partial charge < -0.3 is 9.05 Å². The minimum Gasteiger partial charge on any atom is -0.304 e. The van der Waals surface area contributed by atoms with Crippen LogP contribution in [0.15, 0.2) is 59.1 Å². The Bertz CT molecular complexity index is 706. The summed E-state index contributed by atoms with van der Waals surface area (Å²) in [6.45, 7) is 8.03. The molecule has 0 radical (unpaired) electrons. The lowest BCUT2D eigenvalue weighted by Gasteiger charge is -2.31. The highest BCUT2D eigenvalue weighted by Gasteiger charge is 2.39. The van der Waals surface area contributed by atoms with Gasteiger partial charge in [0.1, 0.15) is 5.78 Å². The van der Waals surface area contributed by atoms with Crippen LogP contribution < -0.4 is 5.32 Å². The fourth-order valence-corrected chi connectivity index (χ4v) is 5.19. The average Bonchev–Trinajstić information content (AvgIpc) is 2.56. The van der Waals surface area contributed by atoms with Gasteiger partial charge in [-0.25, -0.2) is 0 Å². The monoisotopic (exact) mass is 439 g/mol. The van der Waals surface area contributed by atoms with E-state index >= 15 is 0 Å². The molecule has 0 fully saturated rings. The van der Waals surface area contributed by atoms with Gasteiger partial charge in [0.2, 0.25) is 0 Å². The van der Waals surface area contributed by atoms with Gasteiger partial charge in [-0.1, -0.05) is 58.4 Å². The Balaban J connectivity index is 2.35. The lowest BCUT2D eigenvalue weighted by molar-refractivity contribution is 0.133. The summed E-state index contributed by atoms with van der Waals surface area (Å²) in [4.78, 5) is 0. The molecule has 0 aliphatic carbocycles. The van der Waals surface area contributed by atoms with E-state index in [1.165, 1.54) is 0 Å². The molecule has 0 aliphatic heterocycles. The molecule has 2 rings (SSSR count). The predicted octanol–water partition coefficient (Wildman–Crippen LogP) is 6.28. The maximum Gasteiger partial charge on any atom is 0.352 e. The van der Waals surface area contributed by atoms with E-state index in [0.717, 1.165) is 15.6 Å². The molecule has 1 atom stereocenters. The zero-order chi connectivity index (χ0) is 19.2. The second-order valence-electron chi connectivity index (χ2n) is 6.67. The number of hydrogen-bond acceptors (Lipinski definition) is 4. The highest BCUT2D eigenvalue weighted by atomic mass is 79.9. The van der Waals surface area contributed by atoms with Crippen molar-refractivity contribution in [1.29, 1.82) is 0 Å². The summed E-state index contributed by atoms with van der Waals surface area (Å²) in [6, 6.07) is 17.8. The zero-order valence-corrected chi connectivity index (χ0v) is 18.2.